The van der Waals surface area contributed by atoms with Crippen LogP contribution in [-0.2, 0) is 26.7 Å². The van der Waals surface area contributed by atoms with Crippen LogP contribution in [-0.4, -0.2) is 31.7 Å². The highest BCUT2D eigenvalue weighted by Crippen LogP contribution is 2.35. The second-order valence-corrected chi connectivity index (χ2v) is 9.43. The Labute approximate surface area is 177 Å². The smallest absolute Gasteiger partial charge is 0.325 e. The topological polar surface area (TPSA) is 66.5 Å². The molecule has 1 heterocycles. The number of halogens is 4. The fraction of sp³-hybridized carbons (Fsp3) is 0.350. The molecule has 2 aromatic rings. The number of piperidine rings is 1. The van der Waals surface area contributed by atoms with Crippen molar-refractivity contribution in [2.24, 2.45) is 5.92 Å². The Morgan fingerprint density at radius 1 is 1.07 bits per heavy atom. The molecule has 0 unspecified atom stereocenters. The molecule has 1 fully saturated rings. The van der Waals surface area contributed by atoms with Gasteiger partial charge in [-0.1, -0.05) is 41.9 Å². The van der Waals surface area contributed by atoms with Crippen LogP contribution in [0.2, 0.25) is 5.02 Å². The quantitative estimate of drug-likeness (QED) is 0.712. The third-order valence-corrected chi connectivity index (χ3v) is 7.20. The van der Waals surface area contributed by atoms with Crippen molar-refractivity contribution in [2.45, 2.75) is 24.8 Å². The molecule has 0 spiro atoms. The molecule has 1 aliphatic heterocycles. The van der Waals surface area contributed by atoms with Gasteiger partial charge in [0.25, 0.3) is 0 Å². The van der Waals surface area contributed by atoms with Crippen LogP contribution in [0.5, 0.6) is 0 Å². The fourth-order valence-corrected chi connectivity index (χ4v) is 5.25. The molecule has 0 saturated carbocycles. The summed E-state index contributed by atoms with van der Waals surface area (Å²) in [6, 6.07) is 11.4. The molecule has 1 saturated heterocycles. The predicted octanol–water partition coefficient (Wildman–Crippen LogP) is 4.54. The number of carbonyl (C=O) groups excluding carboxylic acids is 1. The van der Waals surface area contributed by atoms with Crippen LogP contribution in [0, 0.1) is 5.92 Å². The molecular formula is C20H20ClF3N2O3S. The largest absolute Gasteiger partial charge is 0.418 e. The lowest BCUT2D eigenvalue weighted by atomic mass is 9.97. The molecule has 1 aliphatic rings. The molecule has 5 nitrogen and oxygen atoms in total. The van der Waals surface area contributed by atoms with Crippen LogP contribution in [0.4, 0.5) is 18.9 Å². The normalized spacial score (nSPS) is 16.4. The van der Waals surface area contributed by atoms with Gasteiger partial charge >= 0.3 is 6.18 Å². The van der Waals surface area contributed by atoms with Crippen LogP contribution in [0.3, 0.4) is 0 Å². The van der Waals surface area contributed by atoms with Crippen molar-refractivity contribution >= 4 is 33.2 Å². The Morgan fingerprint density at radius 2 is 1.67 bits per heavy atom. The minimum absolute atomic E-state index is 0.117. The summed E-state index contributed by atoms with van der Waals surface area (Å²) in [5.41, 5.74) is -0.732. The van der Waals surface area contributed by atoms with Gasteiger partial charge in [0, 0.05) is 24.0 Å². The van der Waals surface area contributed by atoms with Crippen molar-refractivity contribution in [3.05, 3.63) is 64.7 Å². The highest BCUT2D eigenvalue weighted by atomic mass is 35.5. The van der Waals surface area contributed by atoms with Crippen LogP contribution < -0.4 is 5.32 Å². The van der Waals surface area contributed by atoms with Gasteiger partial charge in [-0.05, 0) is 36.6 Å². The minimum atomic E-state index is -4.58. The third kappa shape index (κ3) is 5.33. The van der Waals surface area contributed by atoms with E-state index >= 15 is 0 Å². The van der Waals surface area contributed by atoms with Crippen LogP contribution in [0.1, 0.15) is 24.0 Å². The number of alkyl halides is 3. The Hall–Kier alpha value is -2.10. The third-order valence-electron chi connectivity index (χ3n) is 5.00. The zero-order valence-corrected chi connectivity index (χ0v) is 17.4. The van der Waals surface area contributed by atoms with Crippen LogP contribution >= 0.6 is 11.6 Å². The summed E-state index contributed by atoms with van der Waals surface area (Å²) in [5.74, 6) is -1.37. The summed E-state index contributed by atoms with van der Waals surface area (Å²) in [6.45, 7) is 0.234. The zero-order valence-electron chi connectivity index (χ0n) is 15.8. The molecule has 0 atom stereocenters. The van der Waals surface area contributed by atoms with E-state index in [2.05, 4.69) is 5.32 Å². The van der Waals surface area contributed by atoms with Crippen molar-refractivity contribution in [3.8, 4) is 0 Å². The first-order chi connectivity index (χ1) is 14.1. The first-order valence-electron chi connectivity index (χ1n) is 9.26. The van der Waals surface area contributed by atoms with Crippen molar-refractivity contribution in [3.63, 3.8) is 0 Å². The lowest BCUT2D eigenvalue weighted by molar-refractivity contribution is -0.137. The van der Waals surface area contributed by atoms with Gasteiger partial charge in [-0.3, -0.25) is 4.79 Å². The van der Waals surface area contributed by atoms with E-state index < -0.39 is 33.6 Å². The maximum absolute atomic E-state index is 13.1. The van der Waals surface area contributed by atoms with Gasteiger partial charge in [-0.2, -0.15) is 13.2 Å². The Kier molecular flexibility index (Phi) is 6.74. The summed E-state index contributed by atoms with van der Waals surface area (Å²) in [6.07, 6.45) is -4.14. The molecule has 0 aromatic heterocycles. The van der Waals surface area contributed by atoms with E-state index in [9.17, 15) is 26.4 Å². The van der Waals surface area contributed by atoms with Crippen molar-refractivity contribution in [2.75, 3.05) is 18.4 Å². The molecule has 1 amide bonds. The molecule has 162 valence electrons. The number of anilines is 1. The summed E-state index contributed by atoms with van der Waals surface area (Å²) < 4.78 is 65.9. The predicted molar refractivity (Wildman–Crippen MR) is 108 cm³/mol. The van der Waals surface area contributed by atoms with E-state index in [0.717, 1.165) is 6.07 Å². The maximum Gasteiger partial charge on any atom is 0.418 e. The number of benzene rings is 2. The van der Waals surface area contributed by atoms with Crippen molar-refractivity contribution < 1.29 is 26.4 Å². The SMILES string of the molecule is O=C(Nc1ccccc1C(F)(F)F)C1CCN(S(=O)(=O)Cc2ccccc2Cl)CC1. The number of amides is 1. The van der Waals surface area contributed by atoms with Gasteiger partial charge in [0.1, 0.15) is 0 Å². The van der Waals surface area contributed by atoms with E-state index in [-0.39, 0.29) is 37.4 Å². The van der Waals surface area contributed by atoms with E-state index in [4.69, 9.17) is 11.6 Å². The number of hydrogen-bond donors (Lipinski definition) is 1. The maximum atomic E-state index is 13.1. The summed E-state index contributed by atoms with van der Waals surface area (Å²) >= 11 is 6.04. The molecule has 0 aliphatic carbocycles. The van der Waals surface area contributed by atoms with E-state index in [1.165, 1.54) is 22.5 Å². The molecule has 2 aromatic carbocycles. The van der Waals surface area contributed by atoms with E-state index in [1.807, 2.05) is 0 Å². The first kappa shape index (κ1) is 22.6. The number of nitrogens with one attached hydrogen (secondary N) is 1. The molecule has 0 radical (unpaired) electrons. The second-order valence-electron chi connectivity index (χ2n) is 7.05. The van der Waals surface area contributed by atoms with Crippen LogP contribution in [0.15, 0.2) is 48.5 Å². The number of sulfonamides is 1. The number of para-hydroxylation sites is 1. The van der Waals surface area contributed by atoms with Gasteiger partial charge in [0.15, 0.2) is 0 Å². The number of hydrogen-bond acceptors (Lipinski definition) is 3. The first-order valence-corrected chi connectivity index (χ1v) is 11.2. The van der Waals surface area contributed by atoms with Crippen LogP contribution in [0.25, 0.3) is 0 Å². The van der Waals surface area contributed by atoms with Gasteiger partial charge in [-0.15, -0.1) is 0 Å². The highest BCUT2D eigenvalue weighted by molar-refractivity contribution is 7.88. The zero-order chi connectivity index (χ0) is 21.9. The molecule has 30 heavy (non-hydrogen) atoms. The van der Waals surface area contributed by atoms with Crippen molar-refractivity contribution in [1.82, 2.24) is 4.31 Å². The molecule has 10 heteroatoms. The second kappa shape index (κ2) is 8.95. The highest BCUT2D eigenvalue weighted by Gasteiger charge is 2.35. The average molecular weight is 461 g/mol. The minimum Gasteiger partial charge on any atom is -0.325 e. The monoisotopic (exact) mass is 460 g/mol. The summed E-state index contributed by atoms with van der Waals surface area (Å²) in [7, 11) is -3.62. The Balaban J connectivity index is 1.62. The number of carbonyl (C=O) groups is 1. The van der Waals surface area contributed by atoms with Gasteiger partial charge in [0.2, 0.25) is 15.9 Å². The Bertz CT molecular complexity index is 1020. The van der Waals surface area contributed by atoms with E-state index in [0.29, 0.717) is 10.6 Å². The summed E-state index contributed by atoms with van der Waals surface area (Å²) in [5, 5.41) is 2.70. The standard InChI is InChI=1S/C20H20ClF3N2O3S/c21-17-7-3-1-5-15(17)13-30(28,29)26-11-9-14(10-12-26)19(27)25-18-8-4-2-6-16(18)20(22,23)24/h1-8,14H,9-13H2,(H,25,27). The van der Waals surface area contributed by atoms with Gasteiger partial charge in [0.05, 0.1) is 17.0 Å². The van der Waals surface area contributed by atoms with E-state index in [1.54, 1.807) is 24.3 Å². The molecule has 1 N–H and O–H groups in total. The fourth-order valence-electron chi connectivity index (χ4n) is 3.37. The lowest BCUT2D eigenvalue weighted by Gasteiger charge is -2.30. The van der Waals surface area contributed by atoms with Gasteiger partial charge < -0.3 is 5.32 Å². The lowest BCUT2D eigenvalue weighted by Crippen LogP contribution is -2.42. The molecular weight excluding hydrogens is 441 g/mol. The van der Waals surface area contributed by atoms with Crippen molar-refractivity contribution in [1.29, 1.82) is 0 Å². The molecule has 3 rings (SSSR count). The number of nitrogens with zero attached hydrogens (tertiary/aromatic N) is 1. The Morgan fingerprint density at radius 3 is 2.30 bits per heavy atom. The van der Waals surface area contributed by atoms with Gasteiger partial charge in [-0.25, -0.2) is 12.7 Å². The number of rotatable bonds is 5. The average Bonchev–Trinajstić information content (AvgIpc) is 2.69. The molecule has 0 bridgehead atoms. The summed E-state index contributed by atoms with van der Waals surface area (Å²) in [4.78, 5) is 12.5.